The number of rotatable bonds is 5. The van der Waals surface area contributed by atoms with Gasteiger partial charge in [-0.25, -0.2) is 4.68 Å². The first kappa shape index (κ1) is 16.1. The number of nitrogens with zero attached hydrogens (tertiary/aromatic N) is 4. The smallest absolute Gasteiger partial charge is 0.273 e. The van der Waals surface area contributed by atoms with Crippen LogP contribution in [0.4, 0.5) is 0 Å². The van der Waals surface area contributed by atoms with Crippen LogP contribution >= 0.6 is 11.6 Å². The molecule has 0 fully saturated rings. The van der Waals surface area contributed by atoms with Gasteiger partial charge in [0.25, 0.3) is 5.91 Å². The van der Waals surface area contributed by atoms with Gasteiger partial charge in [0.05, 0.1) is 18.0 Å². The number of amides is 1. The summed E-state index contributed by atoms with van der Waals surface area (Å²) in [6, 6.07) is 10.3. The van der Waals surface area contributed by atoms with Gasteiger partial charge in [0.1, 0.15) is 0 Å². The van der Waals surface area contributed by atoms with Crippen molar-refractivity contribution in [2.45, 2.75) is 6.10 Å². The largest absolute Gasteiger partial charge is 0.387 e. The van der Waals surface area contributed by atoms with E-state index in [1.807, 2.05) is 0 Å². The van der Waals surface area contributed by atoms with Crippen LogP contribution in [-0.2, 0) is 0 Å². The zero-order valence-corrected chi connectivity index (χ0v) is 13.3. The van der Waals surface area contributed by atoms with Gasteiger partial charge >= 0.3 is 0 Å². The van der Waals surface area contributed by atoms with Crippen LogP contribution in [-0.4, -0.2) is 37.5 Å². The van der Waals surface area contributed by atoms with E-state index in [2.05, 4.69) is 20.6 Å². The van der Waals surface area contributed by atoms with Gasteiger partial charge in [0.15, 0.2) is 5.69 Å². The lowest BCUT2D eigenvalue weighted by Gasteiger charge is -2.11. The predicted molar refractivity (Wildman–Crippen MR) is 87.9 cm³/mol. The van der Waals surface area contributed by atoms with E-state index in [0.29, 0.717) is 10.6 Å². The number of carbonyl (C=O) groups excluding carboxylic acids is 1. The average Bonchev–Trinajstić information content (AvgIpc) is 3.11. The number of aliphatic hydroxyl groups excluding tert-OH is 1. The maximum atomic E-state index is 12.1. The molecule has 1 amide bonds. The van der Waals surface area contributed by atoms with E-state index in [9.17, 15) is 9.90 Å². The van der Waals surface area contributed by atoms with Gasteiger partial charge in [0, 0.05) is 24.0 Å². The number of pyridine rings is 1. The Kier molecular flexibility index (Phi) is 4.83. The summed E-state index contributed by atoms with van der Waals surface area (Å²) in [5.74, 6) is -0.414. The van der Waals surface area contributed by atoms with Gasteiger partial charge in [-0.05, 0) is 29.8 Å². The average molecular weight is 344 g/mol. The summed E-state index contributed by atoms with van der Waals surface area (Å²) in [5, 5.41) is 21.0. The number of aliphatic hydroxyl groups is 1. The highest BCUT2D eigenvalue weighted by Gasteiger charge is 2.14. The van der Waals surface area contributed by atoms with Crippen molar-refractivity contribution in [1.29, 1.82) is 0 Å². The highest BCUT2D eigenvalue weighted by Crippen LogP contribution is 2.15. The van der Waals surface area contributed by atoms with Gasteiger partial charge in [-0.1, -0.05) is 28.9 Å². The van der Waals surface area contributed by atoms with Crippen LogP contribution < -0.4 is 5.32 Å². The Morgan fingerprint density at radius 1 is 1.21 bits per heavy atom. The van der Waals surface area contributed by atoms with Gasteiger partial charge < -0.3 is 10.4 Å². The third-order valence-electron chi connectivity index (χ3n) is 3.36. The summed E-state index contributed by atoms with van der Waals surface area (Å²) in [6.45, 7) is 0.0581. The molecule has 1 aromatic carbocycles. The molecule has 0 bridgehead atoms. The molecular formula is C16H14ClN5O2. The molecule has 2 heterocycles. The van der Waals surface area contributed by atoms with Crippen LogP contribution in [0.25, 0.3) is 5.69 Å². The fourth-order valence-corrected chi connectivity index (χ4v) is 2.20. The normalized spacial score (nSPS) is 11.9. The molecule has 24 heavy (non-hydrogen) atoms. The highest BCUT2D eigenvalue weighted by atomic mass is 35.5. The Morgan fingerprint density at radius 3 is 2.62 bits per heavy atom. The van der Waals surface area contributed by atoms with Crippen molar-refractivity contribution in [3.8, 4) is 5.69 Å². The number of halogens is 1. The second-order valence-electron chi connectivity index (χ2n) is 5.03. The molecule has 1 atom stereocenters. The van der Waals surface area contributed by atoms with Crippen LogP contribution in [0.1, 0.15) is 22.2 Å². The summed E-state index contributed by atoms with van der Waals surface area (Å²) in [4.78, 5) is 16.0. The summed E-state index contributed by atoms with van der Waals surface area (Å²) < 4.78 is 1.48. The van der Waals surface area contributed by atoms with Crippen molar-refractivity contribution >= 4 is 17.5 Å². The van der Waals surface area contributed by atoms with Crippen molar-refractivity contribution in [2.24, 2.45) is 0 Å². The Hall–Kier alpha value is -2.77. The van der Waals surface area contributed by atoms with Crippen LogP contribution in [0.5, 0.6) is 0 Å². The van der Waals surface area contributed by atoms with E-state index >= 15 is 0 Å². The monoisotopic (exact) mass is 343 g/mol. The summed E-state index contributed by atoms with van der Waals surface area (Å²) in [6.07, 6.45) is 3.93. The first-order valence-corrected chi connectivity index (χ1v) is 7.56. The predicted octanol–water partition coefficient (Wildman–Crippen LogP) is 1.78. The summed E-state index contributed by atoms with van der Waals surface area (Å²) in [7, 11) is 0. The Bertz CT molecular complexity index is 820. The maximum Gasteiger partial charge on any atom is 0.273 e. The van der Waals surface area contributed by atoms with Crippen LogP contribution in [0, 0.1) is 0 Å². The molecule has 0 aliphatic heterocycles. The first-order valence-electron chi connectivity index (χ1n) is 7.18. The van der Waals surface area contributed by atoms with Crippen molar-refractivity contribution in [3.63, 3.8) is 0 Å². The van der Waals surface area contributed by atoms with Crippen LogP contribution in [0.3, 0.4) is 0 Å². The molecule has 3 aromatic rings. The number of aromatic nitrogens is 4. The van der Waals surface area contributed by atoms with Crippen molar-refractivity contribution < 1.29 is 9.90 Å². The zero-order chi connectivity index (χ0) is 16.9. The van der Waals surface area contributed by atoms with Gasteiger partial charge in [-0.3, -0.25) is 9.78 Å². The van der Waals surface area contributed by atoms with Crippen molar-refractivity contribution in [1.82, 2.24) is 25.3 Å². The standard InChI is InChI=1S/C16H14ClN5O2/c17-12-3-1-11(2-4-12)15(23)9-19-16(24)14-10-22(21-20-14)13-5-7-18-8-6-13/h1-8,10,15,23H,9H2,(H,19,24). The Morgan fingerprint density at radius 2 is 1.92 bits per heavy atom. The quantitative estimate of drug-likeness (QED) is 0.736. The minimum atomic E-state index is -0.832. The Balaban J connectivity index is 1.61. The van der Waals surface area contributed by atoms with E-state index in [1.165, 1.54) is 10.9 Å². The molecule has 2 aromatic heterocycles. The molecule has 3 rings (SSSR count). The van der Waals surface area contributed by atoms with E-state index in [0.717, 1.165) is 5.69 Å². The number of hydrogen-bond acceptors (Lipinski definition) is 5. The molecule has 0 aliphatic carbocycles. The van der Waals surface area contributed by atoms with E-state index in [1.54, 1.807) is 48.8 Å². The first-order chi connectivity index (χ1) is 11.6. The second kappa shape index (κ2) is 7.20. The second-order valence-corrected chi connectivity index (χ2v) is 5.47. The van der Waals surface area contributed by atoms with Crippen LogP contribution in [0.15, 0.2) is 55.0 Å². The lowest BCUT2D eigenvalue weighted by molar-refractivity contribution is 0.0911. The van der Waals surface area contributed by atoms with Gasteiger partial charge in [-0.2, -0.15) is 0 Å². The number of benzene rings is 1. The minimum Gasteiger partial charge on any atom is -0.387 e. The molecule has 122 valence electrons. The van der Waals surface area contributed by atoms with E-state index < -0.39 is 12.0 Å². The fourth-order valence-electron chi connectivity index (χ4n) is 2.07. The number of carbonyl (C=O) groups is 1. The molecule has 8 heteroatoms. The fraction of sp³-hybridized carbons (Fsp3) is 0.125. The zero-order valence-electron chi connectivity index (χ0n) is 12.5. The van der Waals surface area contributed by atoms with Gasteiger partial charge in [0.2, 0.25) is 0 Å². The lowest BCUT2D eigenvalue weighted by atomic mass is 10.1. The Labute approximate surface area is 142 Å². The molecule has 0 spiro atoms. The van der Waals surface area contributed by atoms with Crippen molar-refractivity contribution in [3.05, 3.63) is 71.3 Å². The van der Waals surface area contributed by atoms with E-state index in [-0.39, 0.29) is 12.2 Å². The maximum absolute atomic E-state index is 12.1. The summed E-state index contributed by atoms with van der Waals surface area (Å²) >= 11 is 5.80. The molecule has 7 nitrogen and oxygen atoms in total. The number of nitrogens with one attached hydrogen (secondary N) is 1. The lowest BCUT2D eigenvalue weighted by Crippen LogP contribution is -2.28. The molecule has 0 aliphatic rings. The molecule has 0 radical (unpaired) electrons. The van der Waals surface area contributed by atoms with Crippen molar-refractivity contribution in [2.75, 3.05) is 6.54 Å². The molecule has 1 unspecified atom stereocenters. The topological polar surface area (TPSA) is 92.9 Å². The third kappa shape index (κ3) is 3.76. The van der Waals surface area contributed by atoms with Gasteiger partial charge in [-0.15, -0.1) is 5.10 Å². The SMILES string of the molecule is O=C(NCC(O)c1ccc(Cl)cc1)c1cn(-c2ccncc2)nn1. The molecule has 0 saturated carbocycles. The number of hydrogen-bond donors (Lipinski definition) is 2. The van der Waals surface area contributed by atoms with E-state index in [4.69, 9.17) is 11.6 Å². The molecular weight excluding hydrogens is 330 g/mol. The third-order valence-corrected chi connectivity index (χ3v) is 3.62. The summed E-state index contributed by atoms with van der Waals surface area (Å²) in [5.41, 5.74) is 1.58. The highest BCUT2D eigenvalue weighted by molar-refractivity contribution is 6.30. The minimum absolute atomic E-state index is 0.0581. The molecule has 0 saturated heterocycles. The molecule has 2 N–H and O–H groups in total. The van der Waals surface area contributed by atoms with Crippen LogP contribution in [0.2, 0.25) is 5.02 Å².